The molecule has 0 saturated heterocycles. The molecule has 0 atom stereocenters. The van der Waals surface area contributed by atoms with E-state index >= 15 is 0 Å². The van der Waals surface area contributed by atoms with E-state index in [2.05, 4.69) is 10.6 Å². The fourth-order valence-electron chi connectivity index (χ4n) is 2.75. The van der Waals surface area contributed by atoms with E-state index in [1.807, 2.05) is 38.2 Å². The number of allylic oxidation sites excluding steroid dienone is 1. The normalized spacial score (nSPS) is 11.4. The summed E-state index contributed by atoms with van der Waals surface area (Å²) in [6, 6.07) is 11.1. The molecule has 0 bridgehead atoms. The monoisotopic (exact) mass is 403 g/mol. The molecule has 0 saturated carbocycles. The van der Waals surface area contributed by atoms with Crippen LogP contribution in [-0.2, 0) is 6.61 Å². The van der Waals surface area contributed by atoms with Crippen LogP contribution in [0.25, 0.3) is 0 Å². The molecule has 0 aliphatic rings. The molecule has 2 aromatic carbocycles. The SMILES string of the molecule is CNc1cccc(OC)c1COc1ccc(C(=N)/C=C\NCC(C)(F)F)cc1C. The zero-order chi connectivity index (χ0) is 21.4. The van der Waals surface area contributed by atoms with Gasteiger partial charge < -0.3 is 25.5 Å². The largest absolute Gasteiger partial charge is 0.496 e. The Balaban J connectivity index is 2.05. The Morgan fingerprint density at radius 1 is 1.21 bits per heavy atom. The van der Waals surface area contributed by atoms with Gasteiger partial charge in [-0.1, -0.05) is 6.07 Å². The van der Waals surface area contributed by atoms with Gasteiger partial charge in [-0.05, 0) is 60.7 Å². The van der Waals surface area contributed by atoms with Crippen molar-refractivity contribution < 1.29 is 18.3 Å². The third kappa shape index (κ3) is 6.48. The first-order chi connectivity index (χ1) is 13.7. The van der Waals surface area contributed by atoms with Crippen LogP contribution in [0.3, 0.4) is 0 Å². The van der Waals surface area contributed by atoms with Crippen LogP contribution in [-0.4, -0.2) is 32.3 Å². The van der Waals surface area contributed by atoms with Crippen molar-refractivity contribution in [2.75, 3.05) is 26.0 Å². The van der Waals surface area contributed by atoms with Gasteiger partial charge >= 0.3 is 0 Å². The number of halogens is 2. The highest BCUT2D eigenvalue weighted by Gasteiger charge is 2.19. The first kappa shape index (κ1) is 22.2. The van der Waals surface area contributed by atoms with E-state index in [9.17, 15) is 8.78 Å². The van der Waals surface area contributed by atoms with Crippen molar-refractivity contribution in [2.45, 2.75) is 26.4 Å². The van der Waals surface area contributed by atoms with Crippen LogP contribution in [0.5, 0.6) is 11.5 Å². The fraction of sp³-hybridized carbons (Fsp3) is 0.318. The van der Waals surface area contributed by atoms with Crippen molar-refractivity contribution >= 4 is 11.4 Å². The fourth-order valence-corrected chi connectivity index (χ4v) is 2.75. The average Bonchev–Trinajstić information content (AvgIpc) is 2.69. The molecule has 7 heteroatoms. The topological polar surface area (TPSA) is 66.4 Å². The Morgan fingerprint density at radius 2 is 1.97 bits per heavy atom. The molecule has 29 heavy (non-hydrogen) atoms. The van der Waals surface area contributed by atoms with Gasteiger partial charge in [0.15, 0.2) is 0 Å². The van der Waals surface area contributed by atoms with Gasteiger partial charge in [0.05, 0.1) is 24.9 Å². The molecule has 0 heterocycles. The number of alkyl halides is 2. The third-order valence-corrected chi connectivity index (χ3v) is 4.26. The zero-order valence-electron chi connectivity index (χ0n) is 17.1. The summed E-state index contributed by atoms with van der Waals surface area (Å²) < 4.78 is 37.0. The summed E-state index contributed by atoms with van der Waals surface area (Å²) in [6.45, 7) is 2.59. The number of nitrogens with one attached hydrogen (secondary N) is 3. The van der Waals surface area contributed by atoms with E-state index in [0.29, 0.717) is 17.9 Å². The second-order valence-corrected chi connectivity index (χ2v) is 6.70. The minimum absolute atomic E-state index is 0.216. The quantitative estimate of drug-likeness (QED) is 0.501. The van der Waals surface area contributed by atoms with Crippen molar-refractivity contribution in [3.05, 3.63) is 65.4 Å². The number of hydrogen-bond acceptors (Lipinski definition) is 5. The molecule has 0 fully saturated rings. The predicted octanol–water partition coefficient (Wildman–Crippen LogP) is 4.75. The van der Waals surface area contributed by atoms with Crippen molar-refractivity contribution in [1.82, 2.24) is 5.32 Å². The first-order valence-electron chi connectivity index (χ1n) is 9.19. The van der Waals surface area contributed by atoms with Crippen molar-refractivity contribution in [1.29, 1.82) is 5.41 Å². The smallest absolute Gasteiger partial charge is 0.262 e. The molecular formula is C22H27F2N3O2. The minimum Gasteiger partial charge on any atom is -0.496 e. The van der Waals surface area contributed by atoms with E-state index < -0.39 is 12.5 Å². The minimum atomic E-state index is -2.79. The average molecular weight is 403 g/mol. The molecule has 0 aliphatic carbocycles. The second kappa shape index (κ2) is 9.91. The van der Waals surface area contributed by atoms with E-state index in [4.69, 9.17) is 14.9 Å². The molecule has 0 radical (unpaired) electrons. The lowest BCUT2D eigenvalue weighted by molar-refractivity contribution is 0.0260. The second-order valence-electron chi connectivity index (χ2n) is 6.70. The molecular weight excluding hydrogens is 376 g/mol. The first-order valence-corrected chi connectivity index (χ1v) is 9.19. The standard InChI is InChI=1S/C22H27F2N3O2/c1-15-12-16(18(25)10-11-27-14-22(2,23)24)8-9-20(15)29-13-17-19(26-3)6-5-7-21(17)28-4/h5-12,25-27H,13-14H2,1-4H3/b11-10-,25-18?. The highest BCUT2D eigenvalue weighted by Crippen LogP contribution is 2.29. The lowest BCUT2D eigenvalue weighted by Gasteiger charge is -2.16. The van der Waals surface area contributed by atoms with Gasteiger partial charge in [-0.3, -0.25) is 0 Å². The van der Waals surface area contributed by atoms with Crippen LogP contribution >= 0.6 is 0 Å². The number of hydrogen-bond donors (Lipinski definition) is 3. The lowest BCUT2D eigenvalue weighted by Crippen LogP contribution is -2.26. The van der Waals surface area contributed by atoms with E-state index in [1.165, 1.54) is 12.3 Å². The van der Waals surface area contributed by atoms with Crippen LogP contribution in [0.2, 0.25) is 0 Å². The van der Waals surface area contributed by atoms with Gasteiger partial charge in [0, 0.05) is 19.7 Å². The molecule has 0 amide bonds. The molecule has 3 N–H and O–H groups in total. The summed E-state index contributed by atoms with van der Waals surface area (Å²) in [5.74, 6) is -1.36. The molecule has 2 aromatic rings. The predicted molar refractivity (Wildman–Crippen MR) is 113 cm³/mol. The number of rotatable bonds is 10. The summed E-state index contributed by atoms with van der Waals surface area (Å²) >= 11 is 0. The Kier molecular flexibility index (Phi) is 7.59. The molecule has 0 aliphatic heterocycles. The number of ether oxygens (including phenoxy) is 2. The van der Waals surface area contributed by atoms with Crippen LogP contribution in [0.4, 0.5) is 14.5 Å². The van der Waals surface area contributed by atoms with Gasteiger partial charge in [-0.2, -0.15) is 0 Å². The van der Waals surface area contributed by atoms with E-state index in [-0.39, 0.29) is 5.71 Å². The number of aryl methyl sites for hydroxylation is 1. The Labute approximate surface area is 170 Å². The number of methoxy groups -OCH3 is 1. The highest BCUT2D eigenvalue weighted by molar-refractivity contribution is 6.06. The van der Waals surface area contributed by atoms with Crippen LogP contribution in [0, 0.1) is 12.3 Å². The number of benzene rings is 2. The van der Waals surface area contributed by atoms with Crippen LogP contribution in [0.1, 0.15) is 23.6 Å². The van der Waals surface area contributed by atoms with Gasteiger partial charge in [0.25, 0.3) is 5.92 Å². The molecule has 0 aromatic heterocycles. The van der Waals surface area contributed by atoms with Gasteiger partial charge in [0.2, 0.25) is 0 Å². The van der Waals surface area contributed by atoms with Gasteiger partial charge in [-0.15, -0.1) is 0 Å². The van der Waals surface area contributed by atoms with Crippen LogP contribution < -0.4 is 20.1 Å². The van der Waals surface area contributed by atoms with Crippen molar-refractivity contribution in [3.8, 4) is 11.5 Å². The maximum atomic E-state index is 12.8. The summed E-state index contributed by atoms with van der Waals surface area (Å²) in [7, 11) is 3.46. The highest BCUT2D eigenvalue weighted by atomic mass is 19.3. The molecule has 5 nitrogen and oxygen atoms in total. The summed E-state index contributed by atoms with van der Waals surface area (Å²) in [4.78, 5) is 0. The maximum absolute atomic E-state index is 12.8. The molecule has 0 unspecified atom stereocenters. The van der Waals surface area contributed by atoms with E-state index in [1.54, 1.807) is 19.2 Å². The third-order valence-electron chi connectivity index (χ3n) is 4.26. The number of anilines is 1. The maximum Gasteiger partial charge on any atom is 0.262 e. The summed E-state index contributed by atoms with van der Waals surface area (Å²) in [5.41, 5.74) is 3.60. The summed E-state index contributed by atoms with van der Waals surface area (Å²) in [6.07, 6.45) is 2.81. The molecule has 156 valence electrons. The molecule has 0 spiro atoms. The van der Waals surface area contributed by atoms with Gasteiger partial charge in [-0.25, -0.2) is 8.78 Å². The molecule has 2 rings (SSSR count). The van der Waals surface area contributed by atoms with E-state index in [0.717, 1.165) is 29.5 Å². The zero-order valence-corrected chi connectivity index (χ0v) is 17.1. The summed E-state index contributed by atoms with van der Waals surface area (Å²) in [5, 5.41) is 13.7. The Bertz CT molecular complexity index is 855. The van der Waals surface area contributed by atoms with Crippen molar-refractivity contribution in [2.24, 2.45) is 0 Å². The lowest BCUT2D eigenvalue weighted by atomic mass is 10.1. The van der Waals surface area contributed by atoms with Crippen molar-refractivity contribution in [3.63, 3.8) is 0 Å². The van der Waals surface area contributed by atoms with Crippen LogP contribution in [0.15, 0.2) is 48.7 Å². The Morgan fingerprint density at radius 3 is 2.59 bits per heavy atom. The Hall–Kier alpha value is -3.09. The van der Waals surface area contributed by atoms with Gasteiger partial charge in [0.1, 0.15) is 18.1 Å².